The van der Waals surface area contributed by atoms with E-state index in [0.717, 1.165) is 32.6 Å². The molecule has 20 heavy (non-hydrogen) atoms. The van der Waals surface area contributed by atoms with Gasteiger partial charge in [0.25, 0.3) is 0 Å². The molecule has 0 aromatic carbocycles. The maximum absolute atomic E-state index is 12.5. The number of carbonyl (C=O) groups excluding carboxylic acids is 1. The normalized spacial score (nSPS) is 30.1. The molecule has 3 rings (SSSR count). The van der Waals surface area contributed by atoms with E-state index >= 15 is 0 Å². The number of hydrogen-bond donors (Lipinski definition) is 0. The van der Waals surface area contributed by atoms with E-state index in [1.165, 1.54) is 13.1 Å². The third kappa shape index (κ3) is 2.37. The molecule has 0 aromatic rings. The first-order valence-electron chi connectivity index (χ1n) is 8.17. The van der Waals surface area contributed by atoms with E-state index in [-0.39, 0.29) is 5.92 Å². The third-order valence-corrected chi connectivity index (χ3v) is 5.47. The summed E-state index contributed by atoms with van der Waals surface area (Å²) in [5.41, 5.74) is 0.455. The van der Waals surface area contributed by atoms with Crippen molar-refractivity contribution < 1.29 is 4.79 Å². The van der Waals surface area contributed by atoms with Gasteiger partial charge < -0.3 is 9.80 Å². The van der Waals surface area contributed by atoms with E-state index in [0.29, 0.717) is 23.4 Å². The summed E-state index contributed by atoms with van der Waals surface area (Å²) in [6.07, 6.45) is 1.05. The Hall–Kier alpha value is -0.610. The summed E-state index contributed by atoms with van der Waals surface area (Å²) in [6, 6.07) is 1.22. The molecule has 4 nitrogen and oxygen atoms in total. The highest BCUT2D eigenvalue weighted by molar-refractivity contribution is 5.80. The van der Waals surface area contributed by atoms with E-state index in [1.54, 1.807) is 0 Å². The van der Waals surface area contributed by atoms with Crippen molar-refractivity contribution >= 4 is 5.91 Å². The Morgan fingerprint density at radius 1 is 1.00 bits per heavy atom. The summed E-state index contributed by atoms with van der Waals surface area (Å²) in [4.78, 5) is 19.6. The number of carbonyl (C=O) groups is 1. The predicted octanol–water partition coefficient (Wildman–Crippen LogP) is 1.27. The minimum Gasteiger partial charge on any atom is -0.341 e. The van der Waals surface area contributed by atoms with Crippen LogP contribution in [-0.2, 0) is 4.79 Å². The first-order chi connectivity index (χ1) is 9.40. The van der Waals surface area contributed by atoms with E-state index in [4.69, 9.17) is 0 Å². The zero-order valence-corrected chi connectivity index (χ0v) is 13.4. The van der Waals surface area contributed by atoms with Crippen LogP contribution >= 0.6 is 0 Å². The van der Waals surface area contributed by atoms with Gasteiger partial charge in [-0.15, -0.1) is 0 Å². The van der Waals surface area contributed by atoms with Crippen LogP contribution in [-0.4, -0.2) is 72.0 Å². The molecule has 0 N–H and O–H groups in total. The maximum atomic E-state index is 12.5. The molecule has 1 atom stereocenters. The zero-order chi connectivity index (χ0) is 14.5. The van der Waals surface area contributed by atoms with Crippen molar-refractivity contribution in [3.8, 4) is 0 Å². The summed E-state index contributed by atoms with van der Waals surface area (Å²) in [6.45, 7) is 15.4. The Labute approximate surface area is 123 Å². The van der Waals surface area contributed by atoms with Gasteiger partial charge in [-0.05, 0) is 40.7 Å². The smallest absolute Gasteiger partial charge is 0.227 e. The molecular weight excluding hydrogens is 250 g/mol. The van der Waals surface area contributed by atoms with E-state index in [2.05, 4.69) is 42.4 Å². The molecule has 4 heteroatoms. The number of nitrogens with zero attached hydrogens (tertiary/aromatic N) is 3. The molecule has 3 aliphatic rings. The van der Waals surface area contributed by atoms with Gasteiger partial charge in [-0.25, -0.2) is 0 Å². The monoisotopic (exact) mass is 279 g/mol. The SMILES string of the molecule is CC(C)N1CCC(C(=O)N2CC3(C2)CN(C(C)C)C3)C1. The van der Waals surface area contributed by atoms with Crippen molar-refractivity contribution in [2.45, 2.75) is 46.2 Å². The van der Waals surface area contributed by atoms with E-state index in [1.807, 2.05) is 0 Å². The highest BCUT2D eigenvalue weighted by Gasteiger charge is 2.54. The van der Waals surface area contributed by atoms with Crippen LogP contribution in [0.15, 0.2) is 0 Å². The lowest BCUT2D eigenvalue weighted by atomic mass is 9.72. The van der Waals surface area contributed by atoms with Crippen LogP contribution in [0.25, 0.3) is 0 Å². The highest BCUT2D eigenvalue weighted by Crippen LogP contribution is 2.41. The maximum Gasteiger partial charge on any atom is 0.227 e. The third-order valence-electron chi connectivity index (χ3n) is 5.47. The number of hydrogen-bond acceptors (Lipinski definition) is 3. The molecule has 3 saturated heterocycles. The van der Waals surface area contributed by atoms with Crippen LogP contribution < -0.4 is 0 Å². The number of rotatable bonds is 3. The molecule has 0 radical (unpaired) electrons. The second kappa shape index (κ2) is 4.99. The second-order valence-corrected chi connectivity index (χ2v) is 7.77. The van der Waals surface area contributed by atoms with Gasteiger partial charge in [0, 0.05) is 50.2 Å². The summed E-state index contributed by atoms with van der Waals surface area (Å²) < 4.78 is 0. The van der Waals surface area contributed by atoms with Crippen molar-refractivity contribution in [3.63, 3.8) is 0 Å². The Balaban J connectivity index is 1.46. The number of amides is 1. The zero-order valence-electron chi connectivity index (χ0n) is 13.4. The molecule has 0 saturated carbocycles. The van der Waals surface area contributed by atoms with Crippen LogP contribution in [0.5, 0.6) is 0 Å². The van der Waals surface area contributed by atoms with E-state index in [9.17, 15) is 4.79 Å². The standard InChI is InChI=1S/C16H29N3O/c1-12(2)17-6-5-14(7-17)15(20)19-10-16(11-19)8-18(9-16)13(3)4/h12-14H,5-11H2,1-4H3. The molecule has 1 spiro atoms. The van der Waals surface area contributed by atoms with Crippen molar-refractivity contribution in [3.05, 3.63) is 0 Å². The van der Waals surface area contributed by atoms with Crippen LogP contribution in [0.4, 0.5) is 0 Å². The highest BCUT2D eigenvalue weighted by atomic mass is 16.2. The Morgan fingerprint density at radius 2 is 1.60 bits per heavy atom. The summed E-state index contributed by atoms with van der Waals surface area (Å²) in [7, 11) is 0. The fourth-order valence-corrected chi connectivity index (χ4v) is 4.02. The van der Waals surface area contributed by atoms with Crippen molar-refractivity contribution in [1.82, 2.24) is 14.7 Å². The molecule has 3 aliphatic heterocycles. The second-order valence-electron chi connectivity index (χ2n) is 7.77. The van der Waals surface area contributed by atoms with Gasteiger partial charge in [0.2, 0.25) is 5.91 Å². The van der Waals surface area contributed by atoms with Gasteiger partial charge in [0.1, 0.15) is 0 Å². The molecular formula is C16H29N3O. The fraction of sp³-hybridized carbons (Fsp3) is 0.938. The molecule has 3 fully saturated rings. The Bertz CT molecular complexity index is 379. The average molecular weight is 279 g/mol. The molecule has 0 aliphatic carbocycles. The van der Waals surface area contributed by atoms with Crippen LogP contribution in [0.1, 0.15) is 34.1 Å². The molecule has 0 bridgehead atoms. The minimum atomic E-state index is 0.260. The van der Waals surface area contributed by atoms with E-state index < -0.39 is 0 Å². The van der Waals surface area contributed by atoms with Gasteiger partial charge in [-0.3, -0.25) is 9.69 Å². The lowest BCUT2D eigenvalue weighted by molar-refractivity contribution is -0.165. The van der Waals surface area contributed by atoms with Crippen LogP contribution in [0.2, 0.25) is 0 Å². The van der Waals surface area contributed by atoms with Gasteiger partial charge in [0.15, 0.2) is 0 Å². The first-order valence-corrected chi connectivity index (χ1v) is 8.17. The van der Waals surface area contributed by atoms with Gasteiger partial charge >= 0.3 is 0 Å². The Kier molecular flexibility index (Phi) is 3.57. The molecule has 114 valence electrons. The summed E-state index contributed by atoms with van der Waals surface area (Å²) in [5.74, 6) is 0.679. The predicted molar refractivity (Wildman–Crippen MR) is 80.5 cm³/mol. The van der Waals surface area contributed by atoms with Crippen molar-refractivity contribution in [2.75, 3.05) is 39.3 Å². The molecule has 3 heterocycles. The quantitative estimate of drug-likeness (QED) is 0.778. The van der Waals surface area contributed by atoms with Gasteiger partial charge in [-0.1, -0.05) is 0 Å². The lowest BCUT2D eigenvalue weighted by Gasteiger charge is -2.61. The lowest BCUT2D eigenvalue weighted by Crippen LogP contribution is -2.74. The molecule has 1 unspecified atom stereocenters. The van der Waals surface area contributed by atoms with Gasteiger partial charge in [-0.2, -0.15) is 0 Å². The van der Waals surface area contributed by atoms with Gasteiger partial charge in [0.05, 0.1) is 5.92 Å². The van der Waals surface area contributed by atoms with Crippen molar-refractivity contribution in [1.29, 1.82) is 0 Å². The largest absolute Gasteiger partial charge is 0.341 e. The Morgan fingerprint density at radius 3 is 2.10 bits per heavy atom. The molecule has 0 aromatic heterocycles. The fourth-order valence-electron chi connectivity index (χ4n) is 4.02. The van der Waals surface area contributed by atoms with Crippen LogP contribution in [0.3, 0.4) is 0 Å². The summed E-state index contributed by atoms with van der Waals surface area (Å²) in [5, 5.41) is 0. The first kappa shape index (κ1) is 14.3. The van der Waals surface area contributed by atoms with Crippen molar-refractivity contribution in [2.24, 2.45) is 11.3 Å². The molecule has 1 amide bonds. The number of likely N-dealkylation sites (tertiary alicyclic amines) is 3. The van der Waals surface area contributed by atoms with Crippen LogP contribution in [0, 0.1) is 11.3 Å². The minimum absolute atomic E-state index is 0.260. The summed E-state index contributed by atoms with van der Waals surface area (Å²) >= 11 is 0. The average Bonchev–Trinajstić information content (AvgIpc) is 2.73. The topological polar surface area (TPSA) is 26.8 Å².